The van der Waals surface area contributed by atoms with Crippen LogP contribution in [0.2, 0.25) is 0 Å². The van der Waals surface area contributed by atoms with E-state index in [0.29, 0.717) is 11.4 Å². The molecule has 184 valence electrons. The minimum atomic E-state index is -0.646. The zero-order valence-corrected chi connectivity index (χ0v) is 19.1. The van der Waals surface area contributed by atoms with Gasteiger partial charge in [-0.05, 0) is 36.4 Å². The maximum absolute atomic E-state index is 12.8. The summed E-state index contributed by atoms with van der Waals surface area (Å²) in [7, 11) is 2.47. The molecule has 2 amide bonds. The highest BCUT2D eigenvalue weighted by atomic mass is 16.6. The number of furan rings is 2. The Morgan fingerprint density at radius 2 is 1.03 bits per heavy atom. The number of hydrogen-bond donors (Lipinski definition) is 2. The van der Waals surface area contributed by atoms with Gasteiger partial charge in [0.05, 0.1) is 25.6 Å². The highest BCUT2D eigenvalue weighted by Gasteiger charge is 2.17. The second-order valence-electron chi connectivity index (χ2n) is 7.00. The average Bonchev–Trinajstić information content (AvgIpc) is 3.55. The summed E-state index contributed by atoms with van der Waals surface area (Å²) in [6.07, 6.45) is 0. The number of rotatable bonds is 8. The zero-order chi connectivity index (χ0) is 25.5. The van der Waals surface area contributed by atoms with Crippen LogP contribution in [0.5, 0.6) is 23.4 Å². The fraction of sp³-hybridized carbons (Fsp3) is 0.0800. The van der Waals surface area contributed by atoms with Gasteiger partial charge in [-0.1, -0.05) is 24.3 Å². The fourth-order valence-electron chi connectivity index (χ4n) is 2.98. The molecule has 0 aliphatic heterocycles. The number of nitrogens with one attached hydrogen (secondary N) is 2. The first kappa shape index (κ1) is 24.0. The first-order valence-corrected chi connectivity index (χ1v) is 10.4. The van der Waals surface area contributed by atoms with Gasteiger partial charge in [0, 0.05) is 12.1 Å². The molecule has 0 radical (unpaired) electrons. The van der Waals surface area contributed by atoms with E-state index in [0.717, 1.165) is 0 Å². The Labute approximate surface area is 204 Å². The first-order valence-electron chi connectivity index (χ1n) is 10.4. The number of carbonyl (C=O) groups excluding carboxylic acids is 3. The molecule has 11 heteroatoms. The highest BCUT2D eigenvalue weighted by molar-refractivity contribution is 6.01. The molecule has 0 aliphatic carbocycles. The molecule has 2 heterocycles. The molecular weight excluding hydrogens is 472 g/mol. The first-order chi connectivity index (χ1) is 17.5. The second-order valence-corrected chi connectivity index (χ2v) is 7.00. The molecule has 4 rings (SSSR count). The quantitative estimate of drug-likeness (QED) is 0.298. The Bertz CT molecular complexity index is 1290. The standard InChI is InChI=1S/C25H20N2O9/c1-31-23(28)19-11-13-21(35-19)33-17-9-5-3-7-15(17)26-25(30)27-16-8-4-6-10-18(16)34-22-14-12-20(36-22)24(29)32-2/h3-14H,1-2H3,(H2,26,27,30). The lowest BCUT2D eigenvalue weighted by molar-refractivity contribution is 0.0552. The Morgan fingerprint density at radius 1 is 0.611 bits per heavy atom. The minimum absolute atomic E-state index is 0.0254. The average molecular weight is 492 g/mol. The predicted octanol–water partition coefficient (Wildman–Crippen LogP) is 5.67. The normalized spacial score (nSPS) is 10.3. The van der Waals surface area contributed by atoms with E-state index in [1.54, 1.807) is 48.5 Å². The molecule has 0 aliphatic rings. The Hall–Kier alpha value is -5.19. The molecule has 4 aromatic rings. The summed E-state index contributed by atoms with van der Waals surface area (Å²) >= 11 is 0. The van der Waals surface area contributed by atoms with Crippen LogP contribution in [0.1, 0.15) is 21.1 Å². The Kier molecular flexibility index (Phi) is 7.20. The monoisotopic (exact) mass is 492 g/mol. The van der Waals surface area contributed by atoms with Crippen molar-refractivity contribution in [1.29, 1.82) is 0 Å². The van der Waals surface area contributed by atoms with Gasteiger partial charge in [-0.15, -0.1) is 0 Å². The largest absolute Gasteiger partial charge is 0.463 e. The number of ether oxygens (including phenoxy) is 4. The zero-order valence-electron chi connectivity index (χ0n) is 19.1. The third-order valence-corrected chi connectivity index (χ3v) is 4.63. The summed E-state index contributed by atoms with van der Waals surface area (Å²) in [5.74, 6) is -0.727. The van der Waals surface area contributed by atoms with E-state index in [1.807, 2.05) is 0 Å². The topological polar surface area (TPSA) is 138 Å². The van der Waals surface area contributed by atoms with Crippen molar-refractivity contribution < 1.29 is 42.2 Å². The molecule has 0 saturated carbocycles. The van der Waals surface area contributed by atoms with Gasteiger partial charge in [0.1, 0.15) is 0 Å². The summed E-state index contributed by atoms with van der Waals surface area (Å²) in [5.41, 5.74) is 0.663. The molecule has 2 N–H and O–H groups in total. The van der Waals surface area contributed by atoms with Crippen molar-refractivity contribution in [1.82, 2.24) is 0 Å². The van der Waals surface area contributed by atoms with Gasteiger partial charge < -0.3 is 38.4 Å². The molecular formula is C25H20N2O9. The van der Waals surface area contributed by atoms with Crippen LogP contribution >= 0.6 is 0 Å². The maximum atomic E-state index is 12.8. The van der Waals surface area contributed by atoms with Crippen molar-refractivity contribution in [3.05, 3.63) is 84.3 Å². The van der Waals surface area contributed by atoms with Crippen LogP contribution in [-0.4, -0.2) is 32.2 Å². The number of anilines is 2. The number of urea groups is 1. The highest BCUT2D eigenvalue weighted by Crippen LogP contribution is 2.33. The van der Waals surface area contributed by atoms with Gasteiger partial charge in [0.15, 0.2) is 11.5 Å². The van der Waals surface area contributed by atoms with Crippen LogP contribution in [0, 0.1) is 0 Å². The van der Waals surface area contributed by atoms with E-state index in [1.165, 1.54) is 38.5 Å². The molecule has 2 aromatic carbocycles. The number of benzene rings is 2. The molecule has 0 bridgehead atoms. The van der Waals surface area contributed by atoms with Crippen molar-refractivity contribution >= 4 is 29.3 Å². The van der Waals surface area contributed by atoms with Crippen molar-refractivity contribution in [2.45, 2.75) is 0 Å². The lowest BCUT2D eigenvalue weighted by Gasteiger charge is -2.13. The van der Waals surface area contributed by atoms with Gasteiger partial charge in [0.25, 0.3) is 11.9 Å². The van der Waals surface area contributed by atoms with Crippen LogP contribution in [0.15, 0.2) is 81.6 Å². The minimum Gasteiger partial charge on any atom is -0.463 e. The number of amides is 2. The molecule has 11 nitrogen and oxygen atoms in total. The van der Waals surface area contributed by atoms with E-state index in [4.69, 9.17) is 18.3 Å². The van der Waals surface area contributed by atoms with Crippen LogP contribution in [0.3, 0.4) is 0 Å². The Morgan fingerprint density at radius 3 is 1.44 bits per heavy atom. The summed E-state index contributed by atoms with van der Waals surface area (Å²) < 4.78 is 31.2. The number of para-hydroxylation sites is 4. The third-order valence-electron chi connectivity index (χ3n) is 4.63. The molecule has 0 atom stereocenters. The lowest BCUT2D eigenvalue weighted by atomic mass is 10.3. The van der Waals surface area contributed by atoms with Crippen molar-refractivity contribution in [3.8, 4) is 23.4 Å². The van der Waals surface area contributed by atoms with Crippen LogP contribution in [0.25, 0.3) is 0 Å². The van der Waals surface area contributed by atoms with E-state index in [9.17, 15) is 14.4 Å². The van der Waals surface area contributed by atoms with E-state index >= 15 is 0 Å². The third kappa shape index (κ3) is 5.65. The molecule has 0 spiro atoms. The number of hydrogen-bond acceptors (Lipinski definition) is 9. The van der Waals surface area contributed by atoms with Crippen molar-refractivity contribution in [3.63, 3.8) is 0 Å². The maximum Gasteiger partial charge on any atom is 0.374 e. The molecule has 2 aromatic heterocycles. The van der Waals surface area contributed by atoms with E-state index in [2.05, 4.69) is 20.1 Å². The van der Waals surface area contributed by atoms with E-state index < -0.39 is 18.0 Å². The van der Waals surface area contributed by atoms with Crippen LogP contribution < -0.4 is 20.1 Å². The number of esters is 2. The van der Waals surface area contributed by atoms with Crippen molar-refractivity contribution in [2.24, 2.45) is 0 Å². The van der Waals surface area contributed by atoms with E-state index in [-0.39, 0.29) is 34.9 Å². The van der Waals surface area contributed by atoms with Gasteiger partial charge in [-0.3, -0.25) is 0 Å². The molecule has 0 unspecified atom stereocenters. The van der Waals surface area contributed by atoms with Gasteiger partial charge in [-0.2, -0.15) is 0 Å². The SMILES string of the molecule is COC(=O)c1ccc(Oc2ccccc2NC(=O)Nc2ccccc2Oc2ccc(C(=O)OC)o2)o1. The summed E-state index contributed by atoms with van der Waals surface area (Å²) in [4.78, 5) is 35.9. The lowest BCUT2D eigenvalue weighted by Crippen LogP contribution is -2.20. The summed E-state index contributed by atoms with van der Waals surface area (Å²) in [5, 5.41) is 5.38. The summed E-state index contributed by atoms with van der Waals surface area (Å²) in [6, 6.07) is 18.4. The predicted molar refractivity (Wildman–Crippen MR) is 126 cm³/mol. The van der Waals surface area contributed by atoms with Gasteiger partial charge in [0.2, 0.25) is 11.5 Å². The fourth-order valence-corrected chi connectivity index (χ4v) is 2.98. The summed E-state index contributed by atoms with van der Waals surface area (Å²) in [6.45, 7) is 0. The number of carbonyl (C=O) groups is 3. The van der Waals surface area contributed by atoms with Gasteiger partial charge >= 0.3 is 18.0 Å². The number of methoxy groups -OCH3 is 2. The Balaban J connectivity index is 1.45. The van der Waals surface area contributed by atoms with Gasteiger partial charge in [-0.25, -0.2) is 14.4 Å². The van der Waals surface area contributed by atoms with Crippen molar-refractivity contribution in [2.75, 3.05) is 24.9 Å². The molecule has 0 fully saturated rings. The molecule has 0 saturated heterocycles. The van der Waals surface area contributed by atoms with Crippen LogP contribution in [0.4, 0.5) is 16.2 Å². The van der Waals surface area contributed by atoms with Crippen LogP contribution in [-0.2, 0) is 9.47 Å². The smallest absolute Gasteiger partial charge is 0.374 e. The molecule has 36 heavy (non-hydrogen) atoms. The second kappa shape index (κ2) is 10.8.